The molecule has 0 spiro atoms. The fourth-order valence-electron chi connectivity index (χ4n) is 3.36. The summed E-state index contributed by atoms with van der Waals surface area (Å²) in [6, 6.07) is 15.3. The summed E-state index contributed by atoms with van der Waals surface area (Å²) in [5, 5.41) is 12.4. The summed E-state index contributed by atoms with van der Waals surface area (Å²) in [5.74, 6) is 1.50. The highest BCUT2D eigenvalue weighted by Gasteiger charge is 2.21. The van der Waals surface area contributed by atoms with Crippen LogP contribution in [0.5, 0.6) is 0 Å². The molecule has 1 aromatic heterocycles. The van der Waals surface area contributed by atoms with Crippen molar-refractivity contribution in [2.45, 2.75) is 32.5 Å². The molecule has 6 nitrogen and oxygen atoms in total. The molecule has 0 aliphatic heterocycles. The molecule has 1 N–H and O–H groups in total. The predicted octanol–water partition coefficient (Wildman–Crippen LogP) is 4.38. The second kappa shape index (κ2) is 10.6. The third-order valence-electron chi connectivity index (χ3n) is 4.86. The van der Waals surface area contributed by atoms with Gasteiger partial charge in [0, 0.05) is 21.6 Å². The van der Waals surface area contributed by atoms with Crippen LogP contribution in [0.1, 0.15) is 40.9 Å². The van der Waals surface area contributed by atoms with Gasteiger partial charge in [-0.3, -0.25) is 9.36 Å². The van der Waals surface area contributed by atoms with E-state index >= 15 is 0 Å². The molecule has 162 valence electrons. The van der Waals surface area contributed by atoms with Crippen molar-refractivity contribution in [2.75, 3.05) is 14.1 Å². The molecule has 0 aliphatic carbocycles. The molecule has 0 bridgehead atoms. The lowest BCUT2D eigenvalue weighted by molar-refractivity contribution is 0.103. The summed E-state index contributed by atoms with van der Waals surface area (Å²) in [4.78, 5) is 15.4. The molecule has 0 amide bonds. The Hall–Kier alpha value is -2.61. The summed E-state index contributed by atoms with van der Waals surface area (Å²) in [6.45, 7) is 7.04. The number of rotatable bonds is 10. The van der Waals surface area contributed by atoms with Crippen LogP contribution in [0.25, 0.3) is 5.69 Å². The van der Waals surface area contributed by atoms with E-state index in [0.29, 0.717) is 24.2 Å². The van der Waals surface area contributed by atoms with E-state index in [4.69, 9.17) is 0 Å². The molecule has 2 aromatic carbocycles. The van der Waals surface area contributed by atoms with Crippen molar-refractivity contribution in [3.8, 4) is 5.69 Å². The molecule has 0 saturated carbocycles. The van der Waals surface area contributed by atoms with E-state index in [-0.39, 0.29) is 11.8 Å². The number of halogens is 1. The third-order valence-corrected chi connectivity index (χ3v) is 5.36. The number of aromatic nitrogens is 3. The van der Waals surface area contributed by atoms with Crippen LogP contribution in [0.2, 0.25) is 0 Å². The highest BCUT2D eigenvalue weighted by molar-refractivity contribution is 9.10. The van der Waals surface area contributed by atoms with Gasteiger partial charge in [0.15, 0.2) is 17.4 Å². The zero-order valence-corrected chi connectivity index (χ0v) is 19.8. The number of carbonyl (C=O) groups is 1. The summed E-state index contributed by atoms with van der Waals surface area (Å²) >= 11 is 3.52. The molecular weight excluding hydrogens is 454 g/mol. The zero-order valence-electron chi connectivity index (χ0n) is 18.2. The Morgan fingerprint density at radius 2 is 1.90 bits per heavy atom. The Morgan fingerprint density at radius 3 is 2.58 bits per heavy atom. The van der Waals surface area contributed by atoms with Gasteiger partial charge in [0.05, 0.1) is 18.8 Å². The first kappa shape index (κ1) is 23.1. The zero-order chi connectivity index (χ0) is 22.4. The summed E-state index contributed by atoms with van der Waals surface area (Å²) in [6.07, 6.45) is 2.75. The predicted molar refractivity (Wildman–Crippen MR) is 127 cm³/mol. The monoisotopic (exact) mass is 481 g/mol. The summed E-state index contributed by atoms with van der Waals surface area (Å²) < 4.78 is 2.84. The second-order valence-electron chi connectivity index (χ2n) is 7.77. The van der Waals surface area contributed by atoms with Gasteiger partial charge in [-0.15, -0.1) is 16.8 Å². The van der Waals surface area contributed by atoms with Crippen LogP contribution < -0.4 is 5.32 Å². The van der Waals surface area contributed by atoms with E-state index in [2.05, 4.69) is 44.9 Å². The highest BCUT2D eigenvalue weighted by atomic mass is 79.9. The lowest BCUT2D eigenvalue weighted by Gasteiger charge is -2.18. The number of hydrogen-bond donors (Lipinski definition) is 1. The normalized spacial score (nSPS) is 12.2. The van der Waals surface area contributed by atoms with Crippen LogP contribution in [0.3, 0.4) is 0 Å². The van der Waals surface area contributed by atoms with Crippen molar-refractivity contribution in [3.63, 3.8) is 0 Å². The van der Waals surface area contributed by atoms with E-state index in [9.17, 15) is 4.79 Å². The van der Waals surface area contributed by atoms with Crippen molar-refractivity contribution in [1.82, 2.24) is 25.0 Å². The van der Waals surface area contributed by atoms with Crippen LogP contribution in [-0.2, 0) is 13.1 Å². The number of nitrogens with one attached hydrogen (secondary N) is 1. The van der Waals surface area contributed by atoms with E-state index in [1.165, 1.54) is 0 Å². The van der Waals surface area contributed by atoms with Crippen molar-refractivity contribution >= 4 is 21.7 Å². The molecule has 31 heavy (non-hydrogen) atoms. The molecule has 1 unspecified atom stereocenters. The van der Waals surface area contributed by atoms with Gasteiger partial charge >= 0.3 is 0 Å². The van der Waals surface area contributed by atoms with E-state index < -0.39 is 0 Å². The van der Waals surface area contributed by atoms with E-state index in [1.54, 1.807) is 0 Å². The first-order valence-corrected chi connectivity index (χ1v) is 11.0. The van der Waals surface area contributed by atoms with Crippen molar-refractivity contribution in [3.05, 3.63) is 88.4 Å². The lowest BCUT2D eigenvalue weighted by atomic mass is 10.0. The van der Waals surface area contributed by atoms with Gasteiger partial charge in [-0.05, 0) is 45.6 Å². The molecule has 0 radical (unpaired) electrons. The minimum Gasteiger partial charge on any atom is -0.307 e. The summed E-state index contributed by atoms with van der Waals surface area (Å²) in [7, 11) is 3.97. The van der Waals surface area contributed by atoms with Crippen LogP contribution in [-0.4, -0.2) is 45.6 Å². The third kappa shape index (κ3) is 5.76. The fraction of sp³-hybridized carbons (Fsp3) is 0.292. The maximum Gasteiger partial charge on any atom is 0.195 e. The smallest absolute Gasteiger partial charge is 0.195 e. The van der Waals surface area contributed by atoms with Gasteiger partial charge < -0.3 is 10.2 Å². The minimum atomic E-state index is -0.0414. The van der Waals surface area contributed by atoms with Crippen LogP contribution in [0, 0.1) is 0 Å². The average molecular weight is 482 g/mol. The first-order chi connectivity index (χ1) is 14.9. The van der Waals surface area contributed by atoms with Gasteiger partial charge in [0.1, 0.15) is 0 Å². The molecule has 3 aromatic rings. The number of nitrogens with zero attached hydrogens (tertiary/aromatic N) is 4. The molecule has 0 fully saturated rings. The standard InChI is InChI=1S/C24H28BrN5O/c1-5-9-17(2)26-15-22-27-28-23(16-29(3)4)30(22)21-13-12-19(25)14-20(21)24(31)18-10-7-6-8-11-18/h5-8,10-14,17,26H,1,9,15-16H2,2-4H3. The Bertz CT molecular complexity index is 1050. The molecule has 0 aliphatic rings. The number of hydrogen-bond acceptors (Lipinski definition) is 5. The number of carbonyl (C=O) groups excluding carboxylic acids is 1. The topological polar surface area (TPSA) is 63.1 Å². The first-order valence-electron chi connectivity index (χ1n) is 10.2. The molecule has 7 heteroatoms. The van der Waals surface area contributed by atoms with Gasteiger partial charge in [-0.25, -0.2) is 0 Å². The van der Waals surface area contributed by atoms with Crippen LogP contribution >= 0.6 is 15.9 Å². The Labute approximate surface area is 192 Å². The van der Waals surface area contributed by atoms with Crippen LogP contribution in [0.4, 0.5) is 0 Å². The van der Waals surface area contributed by atoms with Crippen LogP contribution in [0.15, 0.2) is 65.7 Å². The molecule has 1 atom stereocenters. The Morgan fingerprint density at radius 1 is 1.19 bits per heavy atom. The fourth-order valence-corrected chi connectivity index (χ4v) is 3.72. The maximum absolute atomic E-state index is 13.4. The van der Waals surface area contributed by atoms with Gasteiger partial charge in [-0.1, -0.05) is 52.3 Å². The lowest BCUT2D eigenvalue weighted by Crippen LogP contribution is -2.27. The number of ketones is 1. The van der Waals surface area contributed by atoms with Gasteiger partial charge in [-0.2, -0.15) is 0 Å². The highest BCUT2D eigenvalue weighted by Crippen LogP contribution is 2.25. The molecule has 0 saturated heterocycles. The molecular formula is C24H28BrN5O. The summed E-state index contributed by atoms with van der Waals surface area (Å²) in [5.41, 5.74) is 2.01. The van der Waals surface area contributed by atoms with E-state index in [1.807, 2.05) is 78.2 Å². The second-order valence-corrected chi connectivity index (χ2v) is 8.68. The maximum atomic E-state index is 13.4. The van der Waals surface area contributed by atoms with Crippen molar-refractivity contribution in [2.24, 2.45) is 0 Å². The van der Waals surface area contributed by atoms with E-state index in [0.717, 1.165) is 28.2 Å². The quantitative estimate of drug-likeness (QED) is 0.343. The Balaban J connectivity index is 2.09. The SMILES string of the molecule is C=CCC(C)NCc1nnc(CN(C)C)n1-c1ccc(Br)cc1C(=O)c1ccccc1. The molecule has 1 heterocycles. The minimum absolute atomic E-state index is 0.0414. The van der Waals surface area contributed by atoms with Gasteiger partial charge in [0.2, 0.25) is 0 Å². The largest absolute Gasteiger partial charge is 0.307 e. The van der Waals surface area contributed by atoms with Crippen molar-refractivity contribution < 1.29 is 4.79 Å². The van der Waals surface area contributed by atoms with Gasteiger partial charge in [0.25, 0.3) is 0 Å². The number of benzene rings is 2. The average Bonchev–Trinajstić information content (AvgIpc) is 3.14. The molecule has 3 rings (SSSR count). The van der Waals surface area contributed by atoms with Crippen molar-refractivity contribution in [1.29, 1.82) is 0 Å². The Kier molecular flexibility index (Phi) is 7.90.